The molecule has 2 atom stereocenters. The first-order valence-corrected chi connectivity index (χ1v) is 7.76. The number of hydrogen-bond donors (Lipinski definition) is 1. The molecule has 0 aromatic rings. The topological polar surface area (TPSA) is 54.4 Å². The molecule has 0 spiro atoms. The summed E-state index contributed by atoms with van der Waals surface area (Å²) in [7, 11) is -2.77. The SMILES string of the molecule is O=S1(=O)CCC(CC(O)CCC2CC2)C1. The van der Waals surface area contributed by atoms with Gasteiger partial charge in [0.05, 0.1) is 17.6 Å². The average Bonchev–Trinajstić information content (AvgIpc) is 2.89. The first-order chi connectivity index (χ1) is 7.05. The third-order valence-electron chi connectivity index (χ3n) is 3.54. The Labute approximate surface area is 91.8 Å². The molecule has 1 saturated heterocycles. The van der Waals surface area contributed by atoms with Gasteiger partial charge in [0.2, 0.25) is 0 Å². The van der Waals surface area contributed by atoms with E-state index in [1.165, 1.54) is 12.8 Å². The standard InChI is InChI=1S/C11H20O3S/c12-11(4-3-9-1-2-9)7-10-5-6-15(13,14)8-10/h9-12H,1-8H2. The van der Waals surface area contributed by atoms with Gasteiger partial charge in [-0.2, -0.15) is 0 Å². The van der Waals surface area contributed by atoms with Crippen molar-refractivity contribution in [3.05, 3.63) is 0 Å². The maximum absolute atomic E-state index is 11.2. The maximum Gasteiger partial charge on any atom is 0.150 e. The molecule has 2 rings (SSSR count). The predicted molar refractivity (Wildman–Crippen MR) is 59.3 cm³/mol. The van der Waals surface area contributed by atoms with Crippen molar-refractivity contribution in [2.45, 2.75) is 44.6 Å². The third-order valence-corrected chi connectivity index (χ3v) is 5.37. The van der Waals surface area contributed by atoms with Gasteiger partial charge in [-0.3, -0.25) is 0 Å². The summed E-state index contributed by atoms with van der Waals surface area (Å²) in [5, 5.41) is 9.76. The summed E-state index contributed by atoms with van der Waals surface area (Å²) in [6, 6.07) is 0. The molecule has 1 aliphatic carbocycles. The first kappa shape index (κ1) is 11.4. The van der Waals surface area contributed by atoms with Gasteiger partial charge < -0.3 is 5.11 Å². The van der Waals surface area contributed by atoms with E-state index in [-0.39, 0.29) is 12.0 Å². The molecule has 15 heavy (non-hydrogen) atoms. The number of sulfone groups is 1. The van der Waals surface area contributed by atoms with Crippen LogP contribution in [0.4, 0.5) is 0 Å². The molecule has 4 heteroatoms. The molecule has 0 aromatic heterocycles. The highest BCUT2D eigenvalue weighted by molar-refractivity contribution is 7.91. The minimum atomic E-state index is -2.77. The molecule has 1 heterocycles. The van der Waals surface area contributed by atoms with Gasteiger partial charge in [-0.1, -0.05) is 12.8 Å². The minimum Gasteiger partial charge on any atom is -0.393 e. The van der Waals surface area contributed by atoms with Crippen molar-refractivity contribution in [1.82, 2.24) is 0 Å². The Morgan fingerprint density at radius 1 is 1.20 bits per heavy atom. The van der Waals surface area contributed by atoms with Gasteiger partial charge in [0, 0.05) is 0 Å². The number of rotatable bonds is 5. The Balaban J connectivity index is 1.67. The second kappa shape index (κ2) is 4.42. The molecule has 2 aliphatic rings. The zero-order chi connectivity index (χ0) is 10.9. The summed E-state index contributed by atoms with van der Waals surface area (Å²) in [6.07, 6.45) is 5.80. The fourth-order valence-electron chi connectivity index (χ4n) is 2.40. The molecule has 3 nitrogen and oxygen atoms in total. The molecule has 1 N–H and O–H groups in total. The molecular weight excluding hydrogens is 212 g/mol. The highest BCUT2D eigenvalue weighted by Crippen LogP contribution is 2.34. The van der Waals surface area contributed by atoms with Crippen molar-refractivity contribution in [1.29, 1.82) is 0 Å². The quantitative estimate of drug-likeness (QED) is 0.778. The second-order valence-electron chi connectivity index (χ2n) is 5.18. The van der Waals surface area contributed by atoms with Crippen LogP contribution in [-0.2, 0) is 9.84 Å². The van der Waals surface area contributed by atoms with E-state index in [1.807, 2.05) is 0 Å². The monoisotopic (exact) mass is 232 g/mol. The molecule has 88 valence electrons. The van der Waals surface area contributed by atoms with Crippen LogP contribution in [0.3, 0.4) is 0 Å². The van der Waals surface area contributed by atoms with Gasteiger partial charge in [-0.15, -0.1) is 0 Å². The number of hydrogen-bond acceptors (Lipinski definition) is 3. The van der Waals surface area contributed by atoms with Crippen LogP contribution < -0.4 is 0 Å². The average molecular weight is 232 g/mol. The lowest BCUT2D eigenvalue weighted by molar-refractivity contribution is 0.133. The van der Waals surface area contributed by atoms with Crippen molar-refractivity contribution in [2.24, 2.45) is 11.8 Å². The Morgan fingerprint density at radius 2 is 1.93 bits per heavy atom. The van der Waals surface area contributed by atoms with Crippen molar-refractivity contribution in [3.63, 3.8) is 0 Å². The van der Waals surface area contributed by atoms with Crippen molar-refractivity contribution in [3.8, 4) is 0 Å². The van der Waals surface area contributed by atoms with Crippen LogP contribution in [0, 0.1) is 11.8 Å². The number of aliphatic hydroxyl groups excluding tert-OH is 1. The van der Waals surface area contributed by atoms with Crippen LogP contribution in [0.15, 0.2) is 0 Å². The molecule has 0 radical (unpaired) electrons. The van der Waals surface area contributed by atoms with Crippen LogP contribution in [0.2, 0.25) is 0 Å². The van der Waals surface area contributed by atoms with E-state index in [4.69, 9.17) is 0 Å². The first-order valence-electron chi connectivity index (χ1n) is 5.93. The highest BCUT2D eigenvalue weighted by atomic mass is 32.2. The van der Waals surface area contributed by atoms with E-state index in [9.17, 15) is 13.5 Å². The van der Waals surface area contributed by atoms with Crippen LogP contribution in [0.5, 0.6) is 0 Å². The molecular formula is C11H20O3S. The maximum atomic E-state index is 11.2. The van der Waals surface area contributed by atoms with E-state index in [0.717, 1.165) is 25.2 Å². The van der Waals surface area contributed by atoms with Gasteiger partial charge in [-0.05, 0) is 37.5 Å². The summed E-state index contributed by atoms with van der Waals surface area (Å²) in [6.45, 7) is 0. The van der Waals surface area contributed by atoms with Crippen LogP contribution >= 0.6 is 0 Å². The van der Waals surface area contributed by atoms with E-state index in [1.54, 1.807) is 0 Å². The Morgan fingerprint density at radius 3 is 2.47 bits per heavy atom. The lowest BCUT2D eigenvalue weighted by Crippen LogP contribution is -2.15. The fraction of sp³-hybridized carbons (Fsp3) is 1.00. The van der Waals surface area contributed by atoms with Crippen molar-refractivity contribution >= 4 is 9.84 Å². The molecule has 1 saturated carbocycles. The molecule has 0 bridgehead atoms. The van der Waals surface area contributed by atoms with Crippen molar-refractivity contribution in [2.75, 3.05) is 11.5 Å². The van der Waals surface area contributed by atoms with Crippen molar-refractivity contribution < 1.29 is 13.5 Å². The smallest absolute Gasteiger partial charge is 0.150 e. The van der Waals surface area contributed by atoms with Gasteiger partial charge in [0.25, 0.3) is 0 Å². The van der Waals surface area contributed by atoms with Crippen LogP contribution in [0.1, 0.15) is 38.5 Å². The number of aliphatic hydroxyl groups is 1. The lowest BCUT2D eigenvalue weighted by atomic mass is 9.98. The zero-order valence-electron chi connectivity index (χ0n) is 9.06. The Bertz CT molecular complexity index is 306. The second-order valence-corrected chi connectivity index (χ2v) is 7.41. The van der Waals surface area contributed by atoms with E-state index in [0.29, 0.717) is 17.9 Å². The molecule has 2 fully saturated rings. The largest absolute Gasteiger partial charge is 0.393 e. The van der Waals surface area contributed by atoms with Gasteiger partial charge in [-0.25, -0.2) is 8.42 Å². The van der Waals surface area contributed by atoms with Gasteiger partial charge >= 0.3 is 0 Å². The minimum absolute atomic E-state index is 0.212. The van der Waals surface area contributed by atoms with Crippen LogP contribution in [0.25, 0.3) is 0 Å². The summed E-state index contributed by atoms with van der Waals surface area (Å²) in [5.74, 6) is 1.69. The highest BCUT2D eigenvalue weighted by Gasteiger charge is 2.30. The third kappa shape index (κ3) is 3.76. The van der Waals surface area contributed by atoms with Gasteiger partial charge in [0.15, 0.2) is 9.84 Å². The molecule has 1 aliphatic heterocycles. The summed E-state index contributed by atoms with van der Waals surface area (Å²) in [5.41, 5.74) is 0. The Kier molecular flexibility index (Phi) is 3.36. The van der Waals surface area contributed by atoms with E-state index in [2.05, 4.69) is 0 Å². The van der Waals surface area contributed by atoms with E-state index < -0.39 is 9.84 Å². The normalized spacial score (nSPS) is 31.7. The predicted octanol–water partition coefficient (Wildman–Crippen LogP) is 1.36. The van der Waals surface area contributed by atoms with Crippen LogP contribution in [-0.4, -0.2) is 31.1 Å². The zero-order valence-corrected chi connectivity index (χ0v) is 9.88. The molecule has 0 aromatic carbocycles. The summed E-state index contributed by atoms with van der Waals surface area (Å²) < 4.78 is 22.4. The Hall–Kier alpha value is -0.0900. The summed E-state index contributed by atoms with van der Waals surface area (Å²) in [4.78, 5) is 0. The van der Waals surface area contributed by atoms with E-state index >= 15 is 0 Å². The fourth-order valence-corrected chi connectivity index (χ4v) is 4.28. The molecule has 0 amide bonds. The van der Waals surface area contributed by atoms with Gasteiger partial charge in [0.1, 0.15) is 0 Å². The molecule has 2 unspecified atom stereocenters. The summed E-state index contributed by atoms with van der Waals surface area (Å²) >= 11 is 0. The lowest BCUT2D eigenvalue weighted by Gasteiger charge is -2.13.